The molecule has 3 rings (SSSR count). The standard InChI is InChI=1S/C19H25ClN2O3/c1-19(2,3)25-18(23)22-13-6-5-7-14(22)9-12(8-13)15-10-17(24-4)21-11-16(15)20/h8,10-11,13-14H,5-7,9H2,1-4H3. The molecule has 136 valence electrons. The number of halogens is 1. The van der Waals surface area contributed by atoms with Crippen LogP contribution >= 0.6 is 11.6 Å². The van der Waals surface area contributed by atoms with Gasteiger partial charge in [-0.15, -0.1) is 0 Å². The van der Waals surface area contributed by atoms with Gasteiger partial charge in [-0.1, -0.05) is 17.7 Å². The van der Waals surface area contributed by atoms with Gasteiger partial charge in [0.25, 0.3) is 0 Å². The molecular formula is C19H25ClN2O3. The molecule has 3 heterocycles. The fraction of sp³-hybridized carbons (Fsp3) is 0.579. The number of rotatable bonds is 2. The number of methoxy groups -OCH3 is 1. The second-order valence-corrected chi connectivity index (χ2v) is 8.05. The number of fused-ring (bicyclic) bond motifs is 2. The molecule has 1 aromatic rings. The van der Waals surface area contributed by atoms with Crippen LogP contribution in [0.4, 0.5) is 4.79 Å². The van der Waals surface area contributed by atoms with Crippen molar-refractivity contribution in [3.63, 3.8) is 0 Å². The van der Waals surface area contributed by atoms with E-state index in [0.29, 0.717) is 10.9 Å². The van der Waals surface area contributed by atoms with Gasteiger partial charge < -0.3 is 9.47 Å². The van der Waals surface area contributed by atoms with E-state index in [0.717, 1.165) is 36.8 Å². The highest BCUT2D eigenvalue weighted by Crippen LogP contribution is 2.40. The maximum absolute atomic E-state index is 12.7. The molecule has 1 saturated heterocycles. The second-order valence-electron chi connectivity index (χ2n) is 7.64. The summed E-state index contributed by atoms with van der Waals surface area (Å²) in [5, 5.41) is 0.607. The summed E-state index contributed by atoms with van der Waals surface area (Å²) in [7, 11) is 1.59. The highest BCUT2D eigenvalue weighted by molar-refractivity contribution is 6.32. The average molecular weight is 365 g/mol. The minimum atomic E-state index is -0.489. The molecule has 2 atom stereocenters. The molecule has 2 aliphatic rings. The first kappa shape index (κ1) is 18.1. The Morgan fingerprint density at radius 3 is 2.76 bits per heavy atom. The molecule has 1 fully saturated rings. The Morgan fingerprint density at radius 1 is 1.36 bits per heavy atom. The molecule has 0 saturated carbocycles. The highest BCUT2D eigenvalue weighted by atomic mass is 35.5. The SMILES string of the molecule is COc1cc(C2=CC3CCCC(C2)N3C(=O)OC(C)(C)C)c(Cl)cn1. The summed E-state index contributed by atoms with van der Waals surface area (Å²) in [5.74, 6) is 0.542. The molecule has 0 aromatic carbocycles. The number of amides is 1. The minimum Gasteiger partial charge on any atom is -0.481 e. The average Bonchev–Trinajstić information content (AvgIpc) is 2.52. The normalized spacial score (nSPS) is 23.1. The van der Waals surface area contributed by atoms with Crippen LogP contribution in [0, 0.1) is 0 Å². The van der Waals surface area contributed by atoms with Gasteiger partial charge in [-0.25, -0.2) is 9.78 Å². The molecule has 1 amide bonds. The van der Waals surface area contributed by atoms with E-state index in [1.165, 1.54) is 0 Å². The first-order valence-electron chi connectivity index (χ1n) is 8.70. The van der Waals surface area contributed by atoms with Gasteiger partial charge in [0.2, 0.25) is 5.88 Å². The monoisotopic (exact) mass is 364 g/mol. The number of nitrogens with zero attached hydrogens (tertiary/aromatic N) is 2. The van der Waals surface area contributed by atoms with Crippen molar-refractivity contribution in [2.75, 3.05) is 7.11 Å². The van der Waals surface area contributed by atoms with Crippen molar-refractivity contribution < 1.29 is 14.3 Å². The topological polar surface area (TPSA) is 51.7 Å². The number of piperidine rings is 1. The molecule has 0 N–H and O–H groups in total. The fourth-order valence-electron chi connectivity index (χ4n) is 3.61. The van der Waals surface area contributed by atoms with Crippen molar-refractivity contribution in [1.29, 1.82) is 0 Å². The Hall–Kier alpha value is -1.75. The highest BCUT2D eigenvalue weighted by Gasteiger charge is 2.39. The summed E-state index contributed by atoms with van der Waals surface area (Å²) < 4.78 is 10.8. The van der Waals surface area contributed by atoms with Gasteiger partial charge in [-0.2, -0.15) is 0 Å². The maximum atomic E-state index is 12.7. The molecular weight excluding hydrogens is 340 g/mol. The van der Waals surface area contributed by atoms with E-state index in [1.807, 2.05) is 31.7 Å². The third kappa shape index (κ3) is 3.92. The van der Waals surface area contributed by atoms with Crippen molar-refractivity contribution in [1.82, 2.24) is 9.88 Å². The summed E-state index contributed by atoms with van der Waals surface area (Å²) in [5.41, 5.74) is 1.60. The number of hydrogen-bond donors (Lipinski definition) is 0. The van der Waals surface area contributed by atoms with Crippen molar-refractivity contribution in [2.45, 2.75) is 64.1 Å². The van der Waals surface area contributed by atoms with Gasteiger partial charge in [0.15, 0.2) is 0 Å². The lowest BCUT2D eigenvalue weighted by Crippen LogP contribution is -2.53. The van der Waals surface area contributed by atoms with Crippen LogP contribution in [-0.4, -0.2) is 40.8 Å². The zero-order valence-electron chi connectivity index (χ0n) is 15.2. The largest absolute Gasteiger partial charge is 0.481 e. The molecule has 1 aromatic heterocycles. The Bertz CT molecular complexity index is 696. The molecule has 2 bridgehead atoms. The maximum Gasteiger partial charge on any atom is 0.411 e. The van der Waals surface area contributed by atoms with Gasteiger partial charge in [-0.05, 0) is 52.0 Å². The van der Waals surface area contributed by atoms with Crippen molar-refractivity contribution in [2.24, 2.45) is 0 Å². The molecule has 5 nitrogen and oxygen atoms in total. The minimum absolute atomic E-state index is 0.0487. The molecule has 0 aliphatic carbocycles. The number of carbonyl (C=O) groups is 1. The fourth-order valence-corrected chi connectivity index (χ4v) is 3.83. The van der Waals surface area contributed by atoms with Crippen LogP contribution in [-0.2, 0) is 4.74 Å². The number of pyridine rings is 1. The first-order chi connectivity index (χ1) is 11.8. The van der Waals surface area contributed by atoms with E-state index in [9.17, 15) is 4.79 Å². The van der Waals surface area contributed by atoms with Crippen molar-refractivity contribution in [3.8, 4) is 5.88 Å². The third-order valence-corrected chi connectivity index (χ3v) is 4.93. The molecule has 2 unspecified atom stereocenters. The predicted molar refractivity (Wildman–Crippen MR) is 97.9 cm³/mol. The van der Waals surface area contributed by atoms with Gasteiger partial charge in [0.05, 0.1) is 24.4 Å². The van der Waals surface area contributed by atoms with E-state index < -0.39 is 5.60 Å². The summed E-state index contributed by atoms with van der Waals surface area (Å²) in [6, 6.07) is 2.06. The Morgan fingerprint density at radius 2 is 2.12 bits per heavy atom. The summed E-state index contributed by atoms with van der Waals surface area (Å²) in [6.07, 6.45) is 7.35. The van der Waals surface area contributed by atoms with E-state index in [4.69, 9.17) is 21.1 Å². The first-order valence-corrected chi connectivity index (χ1v) is 9.08. The number of hydrogen-bond acceptors (Lipinski definition) is 4. The lowest BCUT2D eigenvalue weighted by molar-refractivity contribution is 0.0000840. The third-order valence-electron chi connectivity index (χ3n) is 4.63. The number of ether oxygens (including phenoxy) is 2. The smallest absolute Gasteiger partial charge is 0.411 e. The lowest BCUT2D eigenvalue weighted by atomic mass is 9.83. The Kier molecular flexibility index (Phi) is 4.96. The molecule has 25 heavy (non-hydrogen) atoms. The quantitative estimate of drug-likeness (QED) is 0.763. The second kappa shape index (κ2) is 6.87. The van der Waals surface area contributed by atoms with Crippen molar-refractivity contribution >= 4 is 23.3 Å². The van der Waals surface area contributed by atoms with E-state index in [-0.39, 0.29) is 18.2 Å². The van der Waals surface area contributed by atoms with Gasteiger partial charge in [-0.3, -0.25) is 4.90 Å². The summed E-state index contributed by atoms with van der Waals surface area (Å²) >= 11 is 6.37. The summed E-state index contributed by atoms with van der Waals surface area (Å²) in [4.78, 5) is 18.7. The predicted octanol–water partition coefficient (Wildman–Crippen LogP) is 4.69. The molecule has 0 radical (unpaired) electrons. The van der Waals surface area contributed by atoms with Crippen LogP contribution in [0.1, 0.15) is 52.0 Å². The van der Waals surface area contributed by atoms with Crippen LogP contribution in [0.25, 0.3) is 5.57 Å². The number of carbonyl (C=O) groups excluding carboxylic acids is 1. The van der Waals surface area contributed by atoms with Crippen molar-refractivity contribution in [3.05, 3.63) is 28.9 Å². The summed E-state index contributed by atoms with van der Waals surface area (Å²) in [6.45, 7) is 5.69. The van der Waals surface area contributed by atoms with E-state index >= 15 is 0 Å². The van der Waals surface area contributed by atoms with Crippen LogP contribution < -0.4 is 4.74 Å². The Balaban J connectivity index is 1.90. The van der Waals surface area contributed by atoms with Gasteiger partial charge >= 0.3 is 6.09 Å². The molecule has 2 aliphatic heterocycles. The molecule has 6 heteroatoms. The van der Waals surface area contributed by atoms with Crippen LogP contribution in [0.2, 0.25) is 5.02 Å². The Labute approximate surface area is 154 Å². The van der Waals surface area contributed by atoms with E-state index in [2.05, 4.69) is 11.1 Å². The number of aromatic nitrogens is 1. The van der Waals surface area contributed by atoms with Gasteiger partial charge in [0, 0.05) is 17.7 Å². The zero-order chi connectivity index (χ0) is 18.2. The van der Waals surface area contributed by atoms with Crippen LogP contribution in [0.15, 0.2) is 18.3 Å². The molecule has 0 spiro atoms. The van der Waals surface area contributed by atoms with Gasteiger partial charge in [0.1, 0.15) is 5.60 Å². The van der Waals surface area contributed by atoms with Crippen LogP contribution in [0.5, 0.6) is 5.88 Å². The van der Waals surface area contributed by atoms with E-state index in [1.54, 1.807) is 13.3 Å². The zero-order valence-corrected chi connectivity index (χ0v) is 16.0. The lowest BCUT2D eigenvalue weighted by Gasteiger charge is -2.45. The van der Waals surface area contributed by atoms with Crippen LogP contribution in [0.3, 0.4) is 0 Å².